The Balaban J connectivity index is 1.95. The minimum absolute atomic E-state index is 0.0620. The maximum absolute atomic E-state index is 13.5. The highest BCUT2D eigenvalue weighted by Gasteiger charge is 2.13. The molecule has 4 aromatic rings. The first-order valence-electron chi connectivity index (χ1n) is 7.95. The summed E-state index contributed by atoms with van der Waals surface area (Å²) >= 11 is 5.96. The Kier molecular flexibility index (Phi) is 4.01. The lowest BCUT2D eigenvalue weighted by Crippen LogP contribution is -1.95. The van der Waals surface area contributed by atoms with E-state index in [0.717, 1.165) is 33.2 Å². The van der Waals surface area contributed by atoms with E-state index < -0.39 is 5.82 Å². The topological polar surface area (TPSA) is 64.7 Å². The van der Waals surface area contributed by atoms with Gasteiger partial charge in [0.1, 0.15) is 18.0 Å². The lowest BCUT2D eigenvalue weighted by atomic mass is 9.97. The molecule has 0 saturated heterocycles. The van der Waals surface area contributed by atoms with E-state index in [1.807, 2.05) is 31.2 Å². The fraction of sp³-hybridized carbons (Fsp3) is 0.0500. The number of pyridine rings is 1. The van der Waals surface area contributed by atoms with E-state index in [0.29, 0.717) is 11.5 Å². The van der Waals surface area contributed by atoms with E-state index in [-0.39, 0.29) is 5.02 Å². The number of nitrogens with two attached hydrogens (primary N) is 1. The largest absolute Gasteiger partial charge is 0.383 e. The second-order valence-electron chi connectivity index (χ2n) is 6.03. The summed E-state index contributed by atoms with van der Waals surface area (Å²) in [6.45, 7) is 1.97. The van der Waals surface area contributed by atoms with Gasteiger partial charge in [0, 0.05) is 22.7 Å². The van der Waals surface area contributed by atoms with Crippen LogP contribution in [0.2, 0.25) is 5.02 Å². The van der Waals surface area contributed by atoms with Crippen molar-refractivity contribution in [2.75, 3.05) is 5.73 Å². The van der Waals surface area contributed by atoms with E-state index in [4.69, 9.17) is 17.3 Å². The van der Waals surface area contributed by atoms with Crippen molar-refractivity contribution in [1.29, 1.82) is 0 Å². The summed E-state index contributed by atoms with van der Waals surface area (Å²) in [6.07, 6.45) is 3.21. The summed E-state index contributed by atoms with van der Waals surface area (Å²) in [5, 5.41) is 0.835. The zero-order chi connectivity index (χ0) is 18.3. The smallest absolute Gasteiger partial charge is 0.141 e. The van der Waals surface area contributed by atoms with Gasteiger partial charge in [0.2, 0.25) is 0 Å². The first kappa shape index (κ1) is 16.4. The van der Waals surface area contributed by atoms with Crippen molar-refractivity contribution in [3.05, 3.63) is 71.4 Å². The summed E-state index contributed by atoms with van der Waals surface area (Å²) in [5.74, 6) is -0.0384. The zero-order valence-electron chi connectivity index (χ0n) is 13.9. The molecule has 2 aromatic carbocycles. The summed E-state index contributed by atoms with van der Waals surface area (Å²) in [6, 6.07) is 12.4. The number of aromatic nitrogens is 3. The van der Waals surface area contributed by atoms with Gasteiger partial charge < -0.3 is 5.73 Å². The molecule has 0 aliphatic heterocycles. The maximum atomic E-state index is 13.5. The standard InChI is InChI=1S/C20H14ClFN4/c1-11-6-14(12-3-5-18-15(7-12)20(23)26-10-25-18)19(24-9-11)13-2-4-17(22)16(21)8-13/h2-10H,1H3,(H2,23,25,26). The molecule has 4 nitrogen and oxygen atoms in total. The average Bonchev–Trinajstić information content (AvgIpc) is 2.64. The monoisotopic (exact) mass is 364 g/mol. The fourth-order valence-corrected chi connectivity index (χ4v) is 3.09. The number of rotatable bonds is 2. The molecule has 2 heterocycles. The number of aryl methyl sites for hydroxylation is 1. The number of hydrogen-bond acceptors (Lipinski definition) is 4. The first-order valence-corrected chi connectivity index (χ1v) is 8.33. The van der Waals surface area contributed by atoms with Crippen LogP contribution in [0.4, 0.5) is 10.2 Å². The van der Waals surface area contributed by atoms with Crippen LogP contribution in [0.3, 0.4) is 0 Å². The molecular weight excluding hydrogens is 351 g/mol. The Bertz CT molecular complexity index is 1140. The van der Waals surface area contributed by atoms with Crippen LogP contribution in [0.15, 0.2) is 55.0 Å². The molecule has 0 fully saturated rings. The number of benzene rings is 2. The van der Waals surface area contributed by atoms with E-state index in [1.165, 1.54) is 12.4 Å². The van der Waals surface area contributed by atoms with Gasteiger partial charge in [0.25, 0.3) is 0 Å². The number of anilines is 1. The second-order valence-corrected chi connectivity index (χ2v) is 6.44. The Morgan fingerprint density at radius 1 is 0.962 bits per heavy atom. The molecule has 0 aliphatic rings. The number of halogens is 2. The summed E-state index contributed by atoms with van der Waals surface area (Å²) in [5.41, 5.74) is 11.1. The van der Waals surface area contributed by atoms with Gasteiger partial charge in [-0.3, -0.25) is 4.98 Å². The molecule has 0 radical (unpaired) electrons. The molecule has 26 heavy (non-hydrogen) atoms. The Hall–Kier alpha value is -3.05. The first-order chi connectivity index (χ1) is 12.5. The van der Waals surface area contributed by atoms with Gasteiger partial charge in [-0.05, 0) is 54.4 Å². The molecule has 128 valence electrons. The van der Waals surface area contributed by atoms with Gasteiger partial charge in [-0.2, -0.15) is 0 Å². The highest BCUT2D eigenvalue weighted by molar-refractivity contribution is 6.31. The third-order valence-corrected chi connectivity index (χ3v) is 4.48. The maximum Gasteiger partial charge on any atom is 0.141 e. The van der Waals surface area contributed by atoms with Crippen LogP contribution in [0.25, 0.3) is 33.3 Å². The van der Waals surface area contributed by atoms with Gasteiger partial charge in [-0.15, -0.1) is 0 Å². The van der Waals surface area contributed by atoms with Crippen LogP contribution in [0.1, 0.15) is 5.56 Å². The van der Waals surface area contributed by atoms with Gasteiger partial charge in [0.15, 0.2) is 0 Å². The SMILES string of the molecule is Cc1cnc(-c2ccc(F)c(Cl)c2)c(-c2ccc3ncnc(N)c3c2)c1. The second kappa shape index (κ2) is 6.35. The number of nitrogens with zero attached hydrogens (tertiary/aromatic N) is 3. The Morgan fingerprint density at radius 2 is 1.77 bits per heavy atom. The molecule has 0 unspecified atom stereocenters. The summed E-state index contributed by atoms with van der Waals surface area (Å²) < 4.78 is 13.5. The highest BCUT2D eigenvalue weighted by Crippen LogP contribution is 2.34. The van der Waals surface area contributed by atoms with Crippen molar-refractivity contribution < 1.29 is 4.39 Å². The molecular formula is C20H14ClFN4. The van der Waals surface area contributed by atoms with Crippen molar-refractivity contribution in [1.82, 2.24) is 15.0 Å². The quantitative estimate of drug-likeness (QED) is 0.541. The minimum atomic E-state index is -0.459. The van der Waals surface area contributed by atoms with Gasteiger partial charge in [0.05, 0.1) is 16.2 Å². The fourth-order valence-electron chi connectivity index (χ4n) is 2.91. The van der Waals surface area contributed by atoms with Crippen LogP contribution in [0, 0.1) is 12.7 Å². The Morgan fingerprint density at radius 3 is 2.58 bits per heavy atom. The number of hydrogen-bond donors (Lipinski definition) is 1. The molecule has 0 amide bonds. The molecule has 0 bridgehead atoms. The minimum Gasteiger partial charge on any atom is -0.383 e. The van der Waals surface area contributed by atoms with Crippen molar-refractivity contribution in [3.63, 3.8) is 0 Å². The van der Waals surface area contributed by atoms with Gasteiger partial charge in [-0.1, -0.05) is 17.7 Å². The van der Waals surface area contributed by atoms with Gasteiger partial charge >= 0.3 is 0 Å². The van der Waals surface area contributed by atoms with Crippen molar-refractivity contribution in [2.45, 2.75) is 6.92 Å². The van der Waals surface area contributed by atoms with Crippen LogP contribution in [-0.2, 0) is 0 Å². The lowest BCUT2D eigenvalue weighted by Gasteiger charge is -2.12. The van der Waals surface area contributed by atoms with E-state index >= 15 is 0 Å². The van der Waals surface area contributed by atoms with Gasteiger partial charge in [-0.25, -0.2) is 14.4 Å². The summed E-state index contributed by atoms with van der Waals surface area (Å²) in [4.78, 5) is 12.8. The zero-order valence-corrected chi connectivity index (χ0v) is 14.6. The third kappa shape index (κ3) is 2.86. The molecule has 2 aromatic heterocycles. The Labute approximate surface area is 154 Å². The normalized spacial score (nSPS) is 11.0. The van der Waals surface area contributed by atoms with Crippen molar-refractivity contribution in [3.8, 4) is 22.4 Å². The van der Waals surface area contributed by atoms with Crippen LogP contribution in [-0.4, -0.2) is 15.0 Å². The van der Waals surface area contributed by atoms with Crippen LogP contribution >= 0.6 is 11.6 Å². The molecule has 0 atom stereocenters. The van der Waals surface area contributed by atoms with Crippen LogP contribution in [0.5, 0.6) is 0 Å². The highest BCUT2D eigenvalue weighted by atomic mass is 35.5. The molecule has 0 saturated carbocycles. The molecule has 0 spiro atoms. The van der Waals surface area contributed by atoms with E-state index in [1.54, 1.807) is 18.3 Å². The van der Waals surface area contributed by atoms with E-state index in [2.05, 4.69) is 15.0 Å². The van der Waals surface area contributed by atoms with Crippen LogP contribution < -0.4 is 5.73 Å². The van der Waals surface area contributed by atoms with E-state index in [9.17, 15) is 4.39 Å². The summed E-state index contributed by atoms with van der Waals surface area (Å²) in [7, 11) is 0. The number of fused-ring (bicyclic) bond motifs is 1. The molecule has 0 aliphatic carbocycles. The predicted octanol–water partition coefficient (Wildman–Crippen LogP) is 5.04. The average molecular weight is 365 g/mol. The third-order valence-electron chi connectivity index (χ3n) is 4.19. The number of nitrogen functional groups attached to an aromatic ring is 1. The molecule has 2 N–H and O–H groups in total. The van der Waals surface area contributed by atoms with Crippen molar-refractivity contribution in [2.24, 2.45) is 0 Å². The lowest BCUT2D eigenvalue weighted by molar-refractivity contribution is 0.628. The predicted molar refractivity (Wildman–Crippen MR) is 102 cm³/mol. The molecule has 6 heteroatoms. The molecule has 4 rings (SSSR count). The van der Waals surface area contributed by atoms with Crippen molar-refractivity contribution >= 4 is 28.3 Å².